The zero-order valence-corrected chi connectivity index (χ0v) is 7.62. The van der Waals surface area contributed by atoms with Gasteiger partial charge in [-0.25, -0.2) is 4.39 Å². The standard InChI is InChI=1S/C10H9FN2O/c1-6-9(14-10(12)13-6)7-3-2-4-8(11)5-7/h2-5H,1H3,(H2,12,13). The molecule has 0 spiro atoms. The minimum Gasteiger partial charge on any atom is -0.423 e. The van der Waals surface area contributed by atoms with Crippen molar-refractivity contribution in [2.45, 2.75) is 6.92 Å². The molecule has 14 heavy (non-hydrogen) atoms. The van der Waals surface area contributed by atoms with Crippen molar-refractivity contribution < 1.29 is 8.81 Å². The van der Waals surface area contributed by atoms with E-state index in [4.69, 9.17) is 10.2 Å². The van der Waals surface area contributed by atoms with Crippen LogP contribution in [-0.4, -0.2) is 4.98 Å². The molecular weight excluding hydrogens is 183 g/mol. The number of nitrogen functional groups attached to an aromatic ring is 1. The van der Waals surface area contributed by atoms with Crippen LogP contribution in [-0.2, 0) is 0 Å². The molecule has 1 aromatic carbocycles. The summed E-state index contributed by atoms with van der Waals surface area (Å²) >= 11 is 0. The van der Waals surface area contributed by atoms with Gasteiger partial charge in [0.2, 0.25) is 0 Å². The number of halogens is 1. The van der Waals surface area contributed by atoms with Crippen molar-refractivity contribution in [1.29, 1.82) is 0 Å². The SMILES string of the molecule is Cc1nc(N)oc1-c1cccc(F)c1. The number of nitrogens with two attached hydrogens (primary N) is 1. The minimum absolute atomic E-state index is 0.0989. The van der Waals surface area contributed by atoms with Crippen LogP contribution in [0.1, 0.15) is 5.69 Å². The molecule has 1 heterocycles. The summed E-state index contributed by atoms with van der Waals surface area (Å²) in [5.41, 5.74) is 6.69. The largest absolute Gasteiger partial charge is 0.423 e. The number of hydrogen-bond donors (Lipinski definition) is 1. The van der Waals surface area contributed by atoms with Gasteiger partial charge in [0, 0.05) is 5.56 Å². The molecule has 3 nitrogen and oxygen atoms in total. The van der Waals surface area contributed by atoms with Crippen molar-refractivity contribution in [2.75, 3.05) is 5.73 Å². The summed E-state index contributed by atoms with van der Waals surface area (Å²) < 4.78 is 18.1. The maximum atomic E-state index is 12.9. The van der Waals surface area contributed by atoms with E-state index >= 15 is 0 Å². The number of nitrogens with zero attached hydrogens (tertiary/aromatic N) is 1. The second-order valence-corrected chi connectivity index (χ2v) is 2.98. The van der Waals surface area contributed by atoms with E-state index in [-0.39, 0.29) is 11.8 Å². The second-order valence-electron chi connectivity index (χ2n) is 2.98. The number of oxazole rings is 1. The van der Waals surface area contributed by atoms with Crippen molar-refractivity contribution >= 4 is 6.01 Å². The number of benzene rings is 1. The summed E-state index contributed by atoms with van der Waals surface area (Å²) in [7, 11) is 0. The predicted octanol–water partition coefficient (Wildman–Crippen LogP) is 2.37. The van der Waals surface area contributed by atoms with E-state index in [2.05, 4.69) is 4.98 Å². The van der Waals surface area contributed by atoms with Crippen molar-refractivity contribution in [2.24, 2.45) is 0 Å². The number of aromatic nitrogens is 1. The molecule has 0 unspecified atom stereocenters. The number of rotatable bonds is 1. The average Bonchev–Trinajstić information content (AvgIpc) is 2.45. The van der Waals surface area contributed by atoms with Crippen molar-refractivity contribution in [3.05, 3.63) is 35.8 Å². The van der Waals surface area contributed by atoms with Gasteiger partial charge in [-0.1, -0.05) is 12.1 Å². The highest BCUT2D eigenvalue weighted by Gasteiger charge is 2.09. The molecule has 0 aliphatic heterocycles. The molecule has 0 aliphatic rings. The number of aryl methyl sites for hydroxylation is 1. The van der Waals surface area contributed by atoms with Gasteiger partial charge in [-0.05, 0) is 19.1 Å². The summed E-state index contributed by atoms with van der Waals surface area (Å²) in [5, 5.41) is 0. The Kier molecular flexibility index (Phi) is 1.96. The normalized spacial score (nSPS) is 10.4. The topological polar surface area (TPSA) is 52.0 Å². The fourth-order valence-electron chi connectivity index (χ4n) is 1.31. The van der Waals surface area contributed by atoms with Crippen LogP contribution < -0.4 is 5.73 Å². The molecule has 0 fully saturated rings. The van der Waals surface area contributed by atoms with Crippen molar-refractivity contribution in [3.63, 3.8) is 0 Å². The van der Waals surface area contributed by atoms with Crippen LogP contribution in [0.2, 0.25) is 0 Å². The minimum atomic E-state index is -0.308. The second kappa shape index (κ2) is 3.14. The van der Waals surface area contributed by atoms with Gasteiger partial charge in [0.1, 0.15) is 5.82 Å². The quantitative estimate of drug-likeness (QED) is 0.754. The molecule has 2 N–H and O–H groups in total. The fraction of sp³-hybridized carbons (Fsp3) is 0.100. The van der Waals surface area contributed by atoms with Gasteiger partial charge in [0.25, 0.3) is 6.01 Å². The Morgan fingerprint density at radius 1 is 1.43 bits per heavy atom. The first-order valence-corrected chi connectivity index (χ1v) is 4.15. The van der Waals surface area contributed by atoms with Gasteiger partial charge in [0.05, 0.1) is 5.69 Å². The zero-order chi connectivity index (χ0) is 10.1. The highest BCUT2D eigenvalue weighted by molar-refractivity contribution is 5.60. The van der Waals surface area contributed by atoms with E-state index < -0.39 is 0 Å². The van der Waals surface area contributed by atoms with Crippen LogP contribution in [0.5, 0.6) is 0 Å². The Bertz CT molecular complexity index is 465. The third-order valence-electron chi connectivity index (χ3n) is 1.90. The molecule has 0 aliphatic carbocycles. The van der Waals surface area contributed by atoms with Crippen LogP contribution >= 0.6 is 0 Å². The average molecular weight is 192 g/mol. The van der Waals surface area contributed by atoms with Gasteiger partial charge in [-0.15, -0.1) is 0 Å². The molecule has 0 bridgehead atoms. The third kappa shape index (κ3) is 1.46. The monoisotopic (exact) mass is 192 g/mol. The summed E-state index contributed by atoms with van der Waals surface area (Å²) in [6, 6.07) is 6.21. The van der Waals surface area contributed by atoms with Gasteiger partial charge >= 0.3 is 0 Å². The van der Waals surface area contributed by atoms with Gasteiger partial charge in [-0.3, -0.25) is 0 Å². The van der Waals surface area contributed by atoms with E-state index in [1.54, 1.807) is 19.1 Å². The maximum absolute atomic E-state index is 12.9. The van der Waals surface area contributed by atoms with Gasteiger partial charge < -0.3 is 10.2 Å². The highest BCUT2D eigenvalue weighted by atomic mass is 19.1. The molecule has 0 atom stereocenters. The predicted molar refractivity (Wildman–Crippen MR) is 51.0 cm³/mol. The Hall–Kier alpha value is -1.84. The Balaban J connectivity index is 2.54. The maximum Gasteiger partial charge on any atom is 0.292 e. The smallest absolute Gasteiger partial charge is 0.292 e. The first-order chi connectivity index (χ1) is 6.66. The molecule has 4 heteroatoms. The van der Waals surface area contributed by atoms with E-state index in [9.17, 15) is 4.39 Å². The first kappa shape index (κ1) is 8.74. The van der Waals surface area contributed by atoms with Crippen LogP contribution in [0.4, 0.5) is 10.4 Å². The molecular formula is C10H9FN2O. The summed E-state index contributed by atoms with van der Waals surface area (Å²) in [6.07, 6.45) is 0. The van der Waals surface area contributed by atoms with Gasteiger partial charge in [0.15, 0.2) is 5.76 Å². The Morgan fingerprint density at radius 2 is 2.21 bits per heavy atom. The lowest BCUT2D eigenvalue weighted by Gasteiger charge is -1.96. The molecule has 0 saturated heterocycles. The summed E-state index contributed by atoms with van der Waals surface area (Å²) in [5.74, 6) is 0.207. The number of hydrogen-bond acceptors (Lipinski definition) is 3. The van der Waals surface area contributed by atoms with Crippen LogP contribution in [0.3, 0.4) is 0 Å². The molecule has 0 saturated carbocycles. The van der Waals surface area contributed by atoms with Crippen molar-refractivity contribution in [1.82, 2.24) is 4.98 Å². The molecule has 1 aromatic heterocycles. The summed E-state index contributed by atoms with van der Waals surface area (Å²) in [4.78, 5) is 3.91. The number of anilines is 1. The Morgan fingerprint density at radius 3 is 2.79 bits per heavy atom. The molecule has 0 amide bonds. The molecule has 72 valence electrons. The van der Waals surface area contributed by atoms with Crippen LogP contribution in [0.15, 0.2) is 28.7 Å². The lowest BCUT2D eigenvalue weighted by molar-refractivity contribution is 0.591. The van der Waals surface area contributed by atoms with E-state index in [0.717, 1.165) is 0 Å². The third-order valence-corrected chi connectivity index (χ3v) is 1.90. The molecule has 2 aromatic rings. The molecule has 2 rings (SSSR count). The Labute approximate surface area is 80.4 Å². The van der Waals surface area contributed by atoms with E-state index in [1.807, 2.05) is 0 Å². The zero-order valence-electron chi connectivity index (χ0n) is 7.62. The van der Waals surface area contributed by atoms with Crippen molar-refractivity contribution in [3.8, 4) is 11.3 Å². The molecule has 0 radical (unpaired) electrons. The van der Waals surface area contributed by atoms with Crippen LogP contribution in [0.25, 0.3) is 11.3 Å². The first-order valence-electron chi connectivity index (χ1n) is 4.15. The van der Waals surface area contributed by atoms with E-state index in [0.29, 0.717) is 17.0 Å². The fourth-order valence-corrected chi connectivity index (χ4v) is 1.31. The lowest BCUT2D eigenvalue weighted by Crippen LogP contribution is -1.81. The lowest BCUT2D eigenvalue weighted by atomic mass is 10.1. The van der Waals surface area contributed by atoms with Crippen LogP contribution in [0, 0.1) is 12.7 Å². The van der Waals surface area contributed by atoms with Gasteiger partial charge in [-0.2, -0.15) is 4.98 Å². The van der Waals surface area contributed by atoms with E-state index in [1.165, 1.54) is 12.1 Å². The summed E-state index contributed by atoms with van der Waals surface area (Å²) in [6.45, 7) is 1.76. The highest BCUT2D eigenvalue weighted by Crippen LogP contribution is 2.25.